The first kappa shape index (κ1) is 9.80. The van der Waals surface area contributed by atoms with Crippen molar-refractivity contribution in [2.75, 3.05) is 19.7 Å². The van der Waals surface area contributed by atoms with Gasteiger partial charge in [-0.3, -0.25) is 4.79 Å². The lowest BCUT2D eigenvalue weighted by Crippen LogP contribution is -2.33. The Hall–Kier alpha value is -1.29. The summed E-state index contributed by atoms with van der Waals surface area (Å²) in [6.07, 6.45) is 1.46. The Morgan fingerprint density at radius 2 is 2.46 bits per heavy atom. The quantitative estimate of drug-likeness (QED) is 0.748. The number of furan rings is 1. The van der Waals surface area contributed by atoms with Crippen molar-refractivity contribution in [3.63, 3.8) is 0 Å². The number of likely N-dealkylation sites (N-methyl/N-ethyl adjacent to an activating group) is 1. The minimum Gasteiger partial charge on any atom is -0.459 e. The first-order valence-electron chi connectivity index (χ1n) is 4.23. The van der Waals surface area contributed by atoms with Crippen LogP contribution in [0.1, 0.15) is 17.5 Å². The topological polar surface area (TPSA) is 53.7 Å². The van der Waals surface area contributed by atoms with Crippen LogP contribution in [0.15, 0.2) is 22.8 Å². The van der Waals surface area contributed by atoms with E-state index in [4.69, 9.17) is 9.52 Å². The van der Waals surface area contributed by atoms with Gasteiger partial charge >= 0.3 is 0 Å². The van der Waals surface area contributed by atoms with Gasteiger partial charge in [0, 0.05) is 13.1 Å². The van der Waals surface area contributed by atoms with Gasteiger partial charge in [-0.1, -0.05) is 0 Å². The maximum atomic E-state index is 11.5. The molecule has 0 aromatic carbocycles. The first-order chi connectivity index (χ1) is 6.29. The van der Waals surface area contributed by atoms with Gasteiger partial charge in [0.25, 0.3) is 5.91 Å². The molecule has 1 rings (SSSR count). The number of amides is 1. The molecule has 0 atom stereocenters. The van der Waals surface area contributed by atoms with Crippen LogP contribution in [0.5, 0.6) is 0 Å². The van der Waals surface area contributed by atoms with Crippen molar-refractivity contribution in [1.82, 2.24) is 4.90 Å². The van der Waals surface area contributed by atoms with Crippen LogP contribution in [0.3, 0.4) is 0 Å². The van der Waals surface area contributed by atoms with Crippen molar-refractivity contribution in [1.29, 1.82) is 0 Å². The predicted octanol–water partition coefficient (Wildman–Crippen LogP) is 0.734. The summed E-state index contributed by atoms with van der Waals surface area (Å²) in [5.74, 6) is 0.136. The molecule has 4 nitrogen and oxygen atoms in total. The molecule has 0 bridgehead atoms. The van der Waals surface area contributed by atoms with E-state index in [1.54, 1.807) is 12.1 Å². The van der Waals surface area contributed by atoms with E-state index in [1.807, 2.05) is 6.92 Å². The van der Waals surface area contributed by atoms with Crippen LogP contribution in [0.2, 0.25) is 0 Å². The van der Waals surface area contributed by atoms with Crippen molar-refractivity contribution in [2.24, 2.45) is 0 Å². The van der Waals surface area contributed by atoms with Crippen molar-refractivity contribution in [3.05, 3.63) is 24.2 Å². The largest absolute Gasteiger partial charge is 0.459 e. The van der Waals surface area contributed by atoms with E-state index < -0.39 is 0 Å². The summed E-state index contributed by atoms with van der Waals surface area (Å²) in [4.78, 5) is 13.1. The number of carbonyl (C=O) groups is 1. The molecule has 1 aromatic heterocycles. The van der Waals surface area contributed by atoms with E-state index in [1.165, 1.54) is 11.2 Å². The highest BCUT2D eigenvalue weighted by Gasteiger charge is 2.15. The SMILES string of the molecule is CCN(CCO)C(=O)c1ccco1. The van der Waals surface area contributed by atoms with Gasteiger partial charge in [-0.2, -0.15) is 0 Å². The normalized spacial score (nSPS) is 10.0. The fraction of sp³-hybridized carbons (Fsp3) is 0.444. The predicted molar refractivity (Wildman–Crippen MR) is 47.4 cm³/mol. The Kier molecular flexibility index (Phi) is 3.52. The van der Waals surface area contributed by atoms with Crippen LogP contribution < -0.4 is 0 Å². The molecule has 0 radical (unpaired) electrons. The molecule has 1 heterocycles. The third-order valence-electron chi connectivity index (χ3n) is 1.77. The Balaban J connectivity index is 2.65. The average Bonchev–Trinajstić information content (AvgIpc) is 2.65. The summed E-state index contributed by atoms with van der Waals surface area (Å²) >= 11 is 0. The first-order valence-corrected chi connectivity index (χ1v) is 4.23. The summed E-state index contributed by atoms with van der Waals surface area (Å²) in [5.41, 5.74) is 0. The van der Waals surface area contributed by atoms with Gasteiger partial charge in [-0.15, -0.1) is 0 Å². The molecule has 0 fully saturated rings. The second kappa shape index (κ2) is 4.67. The van der Waals surface area contributed by atoms with Gasteiger partial charge in [0.15, 0.2) is 5.76 Å². The molecule has 0 aliphatic heterocycles. The highest BCUT2D eigenvalue weighted by atomic mass is 16.3. The van der Waals surface area contributed by atoms with Crippen LogP contribution in [0.4, 0.5) is 0 Å². The van der Waals surface area contributed by atoms with E-state index in [2.05, 4.69) is 0 Å². The molecule has 1 amide bonds. The van der Waals surface area contributed by atoms with Crippen LogP contribution in [-0.4, -0.2) is 35.6 Å². The maximum absolute atomic E-state index is 11.5. The number of hydrogen-bond donors (Lipinski definition) is 1. The molecule has 0 aliphatic carbocycles. The second-order valence-electron chi connectivity index (χ2n) is 2.59. The Morgan fingerprint density at radius 1 is 1.69 bits per heavy atom. The maximum Gasteiger partial charge on any atom is 0.289 e. The summed E-state index contributed by atoms with van der Waals surface area (Å²) in [5, 5.41) is 8.69. The molecule has 1 N–H and O–H groups in total. The second-order valence-corrected chi connectivity index (χ2v) is 2.59. The third kappa shape index (κ3) is 2.32. The van der Waals surface area contributed by atoms with Gasteiger partial charge in [0.1, 0.15) is 0 Å². The summed E-state index contributed by atoms with van der Waals surface area (Å²) in [7, 11) is 0. The molecule has 4 heteroatoms. The molecule has 1 aromatic rings. The van der Waals surface area contributed by atoms with Crippen LogP contribution >= 0.6 is 0 Å². The number of hydrogen-bond acceptors (Lipinski definition) is 3. The monoisotopic (exact) mass is 183 g/mol. The van der Waals surface area contributed by atoms with E-state index in [9.17, 15) is 4.79 Å². The van der Waals surface area contributed by atoms with Crippen molar-refractivity contribution >= 4 is 5.91 Å². The summed E-state index contributed by atoms with van der Waals surface area (Å²) < 4.78 is 4.95. The lowest BCUT2D eigenvalue weighted by Gasteiger charge is -2.17. The Bertz CT molecular complexity index is 256. The van der Waals surface area contributed by atoms with Crippen molar-refractivity contribution in [3.8, 4) is 0 Å². The lowest BCUT2D eigenvalue weighted by molar-refractivity contribution is 0.0700. The molecule has 0 unspecified atom stereocenters. The van der Waals surface area contributed by atoms with Gasteiger partial charge < -0.3 is 14.4 Å². The highest BCUT2D eigenvalue weighted by Crippen LogP contribution is 2.04. The van der Waals surface area contributed by atoms with Gasteiger partial charge in [0.05, 0.1) is 12.9 Å². The van der Waals surface area contributed by atoms with Gasteiger partial charge in [0.2, 0.25) is 0 Å². The van der Waals surface area contributed by atoms with Gasteiger partial charge in [-0.05, 0) is 19.1 Å². The zero-order valence-corrected chi connectivity index (χ0v) is 7.56. The standard InChI is InChI=1S/C9H13NO3/c1-2-10(5-6-11)9(12)8-4-3-7-13-8/h3-4,7,11H,2,5-6H2,1H3. The van der Waals surface area contributed by atoms with Crippen LogP contribution in [0, 0.1) is 0 Å². The third-order valence-corrected chi connectivity index (χ3v) is 1.77. The zero-order valence-electron chi connectivity index (χ0n) is 7.56. The zero-order chi connectivity index (χ0) is 9.68. The number of aliphatic hydroxyl groups excluding tert-OH is 1. The number of nitrogens with zero attached hydrogens (tertiary/aromatic N) is 1. The Labute approximate surface area is 76.8 Å². The van der Waals surface area contributed by atoms with Crippen molar-refractivity contribution < 1.29 is 14.3 Å². The molecule has 0 spiro atoms. The average molecular weight is 183 g/mol. The van der Waals surface area contributed by atoms with Crippen LogP contribution in [0.25, 0.3) is 0 Å². The molecule has 0 saturated carbocycles. The number of rotatable bonds is 4. The summed E-state index contributed by atoms with van der Waals surface area (Å²) in [6.45, 7) is 2.74. The molecule has 0 aliphatic rings. The minimum atomic E-state index is -0.179. The molecule has 72 valence electrons. The Morgan fingerprint density at radius 3 is 2.92 bits per heavy atom. The highest BCUT2D eigenvalue weighted by molar-refractivity contribution is 5.91. The van der Waals surface area contributed by atoms with E-state index in [-0.39, 0.29) is 12.5 Å². The molecular weight excluding hydrogens is 170 g/mol. The van der Waals surface area contributed by atoms with Crippen LogP contribution in [-0.2, 0) is 0 Å². The fourth-order valence-corrected chi connectivity index (χ4v) is 1.08. The van der Waals surface area contributed by atoms with E-state index >= 15 is 0 Å². The molecule has 13 heavy (non-hydrogen) atoms. The number of carbonyl (C=O) groups excluding carboxylic acids is 1. The lowest BCUT2D eigenvalue weighted by atomic mass is 10.3. The minimum absolute atomic E-state index is 0.0275. The van der Waals surface area contributed by atoms with Crippen molar-refractivity contribution in [2.45, 2.75) is 6.92 Å². The smallest absolute Gasteiger partial charge is 0.289 e. The van der Waals surface area contributed by atoms with E-state index in [0.29, 0.717) is 18.8 Å². The van der Waals surface area contributed by atoms with Gasteiger partial charge in [-0.25, -0.2) is 0 Å². The molecular formula is C9H13NO3. The summed E-state index contributed by atoms with van der Waals surface area (Å²) in [6, 6.07) is 3.28. The number of aliphatic hydroxyl groups is 1. The molecule has 0 saturated heterocycles. The van der Waals surface area contributed by atoms with E-state index in [0.717, 1.165) is 0 Å². The fourth-order valence-electron chi connectivity index (χ4n) is 1.08.